The molecule has 2 aromatic heterocycles. The molecule has 0 aliphatic rings. The van der Waals surface area contributed by atoms with E-state index < -0.39 is 18.6 Å². The van der Waals surface area contributed by atoms with Gasteiger partial charge in [-0.2, -0.15) is 18.2 Å². The van der Waals surface area contributed by atoms with Crippen LogP contribution in [-0.2, 0) is 0 Å². The number of fused-ring (bicyclic) bond motifs is 1. The number of aliphatic hydroxyl groups is 1. The molecule has 210 valence electrons. The average molecular weight is 557 g/mol. The van der Waals surface area contributed by atoms with Crippen molar-refractivity contribution < 1.29 is 32.6 Å². The number of pyridine rings is 1. The van der Waals surface area contributed by atoms with E-state index in [4.69, 9.17) is 9.84 Å². The molecular formula is C27H27F3N6O4. The second-order valence-corrected chi connectivity index (χ2v) is 8.75. The summed E-state index contributed by atoms with van der Waals surface area (Å²) in [6.07, 6.45) is -2.75. The van der Waals surface area contributed by atoms with E-state index in [2.05, 4.69) is 15.4 Å². The molecule has 0 aliphatic heterocycles. The predicted octanol–water partition coefficient (Wildman–Crippen LogP) is 3.90. The summed E-state index contributed by atoms with van der Waals surface area (Å²) >= 11 is 0. The SMILES string of the molecule is CCOc1cc(C(=O)N(C)CCO)ccc1Nc1nc2ccc(-c3ccc(C(=O)NCC(F)(F)F)cc3)cn2n1. The van der Waals surface area contributed by atoms with Crippen molar-refractivity contribution in [3.05, 3.63) is 71.9 Å². The van der Waals surface area contributed by atoms with Gasteiger partial charge >= 0.3 is 6.18 Å². The monoisotopic (exact) mass is 556 g/mol. The van der Waals surface area contributed by atoms with Crippen LogP contribution in [-0.4, -0.2) is 75.9 Å². The van der Waals surface area contributed by atoms with Gasteiger partial charge in [0.05, 0.1) is 18.9 Å². The van der Waals surface area contributed by atoms with E-state index in [9.17, 15) is 22.8 Å². The number of ether oxygens (including phenoxy) is 1. The van der Waals surface area contributed by atoms with Crippen LogP contribution in [0, 0.1) is 0 Å². The van der Waals surface area contributed by atoms with Crippen molar-refractivity contribution in [3.8, 4) is 16.9 Å². The number of halogens is 3. The zero-order valence-electron chi connectivity index (χ0n) is 21.7. The highest BCUT2D eigenvalue weighted by Crippen LogP contribution is 2.29. The van der Waals surface area contributed by atoms with Crippen LogP contribution >= 0.6 is 0 Å². The van der Waals surface area contributed by atoms with Gasteiger partial charge in [-0.3, -0.25) is 9.59 Å². The maximum absolute atomic E-state index is 12.6. The molecule has 0 unspecified atom stereocenters. The minimum atomic E-state index is -4.48. The van der Waals surface area contributed by atoms with Crippen LogP contribution in [0.1, 0.15) is 27.6 Å². The Hall–Kier alpha value is -4.65. The fourth-order valence-electron chi connectivity index (χ4n) is 3.83. The van der Waals surface area contributed by atoms with Crippen molar-refractivity contribution in [2.45, 2.75) is 13.1 Å². The highest BCUT2D eigenvalue weighted by molar-refractivity contribution is 5.95. The van der Waals surface area contributed by atoms with E-state index in [1.165, 1.54) is 17.0 Å². The zero-order chi connectivity index (χ0) is 28.9. The molecule has 4 aromatic rings. The molecular weight excluding hydrogens is 529 g/mol. The number of carbonyl (C=O) groups excluding carboxylic acids is 2. The molecule has 2 amide bonds. The molecule has 2 aromatic carbocycles. The van der Waals surface area contributed by atoms with Crippen LogP contribution in [0.4, 0.5) is 24.8 Å². The third kappa shape index (κ3) is 6.86. The number of anilines is 2. The number of rotatable bonds is 10. The van der Waals surface area contributed by atoms with Crippen molar-refractivity contribution in [2.24, 2.45) is 0 Å². The lowest BCUT2D eigenvalue weighted by atomic mass is 10.1. The summed E-state index contributed by atoms with van der Waals surface area (Å²) in [5.74, 6) is -0.349. The maximum atomic E-state index is 12.6. The van der Waals surface area contributed by atoms with E-state index in [0.717, 1.165) is 11.1 Å². The van der Waals surface area contributed by atoms with Gasteiger partial charge in [0.15, 0.2) is 5.65 Å². The number of carbonyl (C=O) groups is 2. The van der Waals surface area contributed by atoms with Crippen LogP contribution in [0.2, 0.25) is 0 Å². The first-order chi connectivity index (χ1) is 19.1. The largest absolute Gasteiger partial charge is 0.492 e. The molecule has 0 radical (unpaired) electrons. The van der Waals surface area contributed by atoms with Gasteiger partial charge in [0.2, 0.25) is 5.95 Å². The molecule has 0 bridgehead atoms. The number of alkyl halides is 3. The molecule has 40 heavy (non-hydrogen) atoms. The number of likely N-dealkylation sites (N-methyl/N-ethyl adjacent to an activating group) is 1. The third-order valence-corrected chi connectivity index (χ3v) is 5.82. The molecule has 0 fully saturated rings. The quantitative estimate of drug-likeness (QED) is 0.271. The number of benzene rings is 2. The van der Waals surface area contributed by atoms with Crippen LogP contribution in [0.3, 0.4) is 0 Å². The Balaban J connectivity index is 1.51. The van der Waals surface area contributed by atoms with Crippen molar-refractivity contribution >= 4 is 29.1 Å². The molecule has 3 N–H and O–H groups in total. The first-order valence-electron chi connectivity index (χ1n) is 12.3. The highest BCUT2D eigenvalue weighted by atomic mass is 19.4. The van der Waals surface area contributed by atoms with Crippen LogP contribution in [0.15, 0.2) is 60.8 Å². The Morgan fingerprint density at radius 1 is 1.05 bits per heavy atom. The second kappa shape index (κ2) is 12.0. The summed E-state index contributed by atoms with van der Waals surface area (Å²) in [4.78, 5) is 30.4. The topological polar surface area (TPSA) is 121 Å². The fraction of sp³-hybridized carbons (Fsp3) is 0.259. The van der Waals surface area contributed by atoms with Crippen molar-refractivity contribution in [2.75, 3.05) is 38.7 Å². The van der Waals surface area contributed by atoms with Gasteiger partial charge in [0, 0.05) is 36.5 Å². The van der Waals surface area contributed by atoms with E-state index in [0.29, 0.717) is 29.3 Å². The van der Waals surface area contributed by atoms with Crippen molar-refractivity contribution in [1.29, 1.82) is 0 Å². The van der Waals surface area contributed by atoms with Crippen molar-refractivity contribution in [1.82, 2.24) is 24.8 Å². The Labute approximate surface area is 227 Å². The first-order valence-corrected chi connectivity index (χ1v) is 12.3. The minimum Gasteiger partial charge on any atom is -0.492 e. The fourth-order valence-corrected chi connectivity index (χ4v) is 3.83. The third-order valence-electron chi connectivity index (χ3n) is 5.82. The molecule has 13 heteroatoms. The lowest BCUT2D eigenvalue weighted by Gasteiger charge is -2.17. The van der Waals surface area contributed by atoms with Gasteiger partial charge in [-0.25, -0.2) is 4.52 Å². The molecule has 0 saturated carbocycles. The van der Waals surface area contributed by atoms with Gasteiger partial charge in [-0.1, -0.05) is 12.1 Å². The molecule has 4 rings (SSSR count). The van der Waals surface area contributed by atoms with E-state index in [-0.39, 0.29) is 30.6 Å². The zero-order valence-corrected chi connectivity index (χ0v) is 21.7. The van der Waals surface area contributed by atoms with E-state index >= 15 is 0 Å². The summed E-state index contributed by atoms with van der Waals surface area (Å²) in [5, 5.41) is 18.5. The second-order valence-electron chi connectivity index (χ2n) is 8.75. The Bertz CT molecular complexity index is 1500. The smallest absolute Gasteiger partial charge is 0.405 e. The Kier molecular flexibility index (Phi) is 8.53. The summed E-state index contributed by atoms with van der Waals surface area (Å²) in [7, 11) is 1.60. The van der Waals surface area contributed by atoms with E-state index in [1.807, 2.05) is 12.2 Å². The number of hydrogen-bond acceptors (Lipinski definition) is 7. The number of aromatic nitrogens is 3. The van der Waals surface area contributed by atoms with Crippen LogP contribution in [0.25, 0.3) is 16.8 Å². The molecule has 2 heterocycles. The lowest BCUT2D eigenvalue weighted by molar-refractivity contribution is -0.123. The Morgan fingerprint density at radius 2 is 1.75 bits per heavy atom. The predicted molar refractivity (Wildman–Crippen MR) is 142 cm³/mol. The van der Waals surface area contributed by atoms with Gasteiger partial charge in [-0.15, -0.1) is 5.10 Å². The standard InChI is InChI=1S/C27H27F3N6O4/c1-3-40-22-14-19(25(39)35(2)12-13-37)8-10-21(22)32-26-33-23-11-9-20(15-36(23)34-26)17-4-6-18(7-5-17)24(38)31-16-27(28,29)30/h4-11,14-15,37H,3,12-13,16H2,1-2H3,(H,31,38)(H,32,34). The van der Waals surface area contributed by atoms with Gasteiger partial charge in [0.25, 0.3) is 11.8 Å². The molecule has 0 aliphatic carbocycles. The molecule has 10 nitrogen and oxygen atoms in total. The maximum Gasteiger partial charge on any atom is 0.405 e. The number of hydrogen-bond donors (Lipinski definition) is 3. The molecule has 0 saturated heterocycles. The summed E-state index contributed by atoms with van der Waals surface area (Å²) < 4.78 is 44.4. The minimum absolute atomic E-state index is 0.110. The number of nitrogens with one attached hydrogen (secondary N) is 2. The normalized spacial score (nSPS) is 11.3. The average Bonchev–Trinajstić information content (AvgIpc) is 3.34. The molecule has 0 spiro atoms. The summed E-state index contributed by atoms with van der Waals surface area (Å²) in [6, 6.07) is 14.7. The van der Waals surface area contributed by atoms with Crippen LogP contribution in [0.5, 0.6) is 5.75 Å². The summed E-state index contributed by atoms with van der Waals surface area (Å²) in [5.41, 5.74) is 3.09. The lowest BCUT2D eigenvalue weighted by Crippen LogP contribution is -2.33. The molecule has 0 atom stereocenters. The summed E-state index contributed by atoms with van der Waals surface area (Å²) in [6.45, 7) is 0.849. The highest BCUT2D eigenvalue weighted by Gasteiger charge is 2.27. The Morgan fingerprint density at radius 3 is 2.42 bits per heavy atom. The van der Waals surface area contributed by atoms with E-state index in [1.54, 1.807) is 60.2 Å². The number of aliphatic hydroxyl groups excluding tert-OH is 1. The van der Waals surface area contributed by atoms with Crippen molar-refractivity contribution in [3.63, 3.8) is 0 Å². The van der Waals surface area contributed by atoms with Gasteiger partial charge < -0.3 is 25.4 Å². The first kappa shape index (κ1) is 28.4. The number of amides is 2. The van der Waals surface area contributed by atoms with Crippen LogP contribution < -0.4 is 15.4 Å². The number of nitrogens with zero attached hydrogens (tertiary/aromatic N) is 4. The van der Waals surface area contributed by atoms with Gasteiger partial charge in [0.1, 0.15) is 12.3 Å². The van der Waals surface area contributed by atoms with Gasteiger partial charge in [-0.05, 0) is 55.0 Å².